The van der Waals surface area contributed by atoms with Crippen molar-refractivity contribution < 1.29 is 0 Å². The van der Waals surface area contributed by atoms with Gasteiger partial charge in [-0.25, -0.2) is 0 Å². The number of benzene rings is 1. The van der Waals surface area contributed by atoms with E-state index in [0.29, 0.717) is 18.1 Å². The summed E-state index contributed by atoms with van der Waals surface area (Å²) in [6, 6.07) is 10.5. The van der Waals surface area contributed by atoms with Crippen LogP contribution in [-0.2, 0) is 0 Å². The number of hydrogen-bond donors (Lipinski definition) is 1. The van der Waals surface area contributed by atoms with Crippen LogP contribution in [0, 0.1) is 3.57 Å². The summed E-state index contributed by atoms with van der Waals surface area (Å²) in [6.45, 7) is 2.30. The van der Waals surface area contributed by atoms with Gasteiger partial charge in [0.2, 0.25) is 0 Å². The van der Waals surface area contributed by atoms with Gasteiger partial charge in [0.1, 0.15) is 0 Å². The number of halogens is 1. The first kappa shape index (κ1) is 14.3. The highest BCUT2D eigenvalue weighted by molar-refractivity contribution is 14.1. The molecule has 1 fully saturated rings. The molecule has 18 heavy (non-hydrogen) atoms. The molecule has 2 N–H and O–H groups in total. The van der Waals surface area contributed by atoms with Crippen LogP contribution in [0.5, 0.6) is 0 Å². The second-order valence-corrected chi connectivity index (χ2v) is 6.71. The molecule has 1 aromatic rings. The van der Waals surface area contributed by atoms with Gasteiger partial charge in [0.25, 0.3) is 0 Å². The lowest BCUT2D eigenvalue weighted by atomic mass is 9.90. The van der Waals surface area contributed by atoms with E-state index in [-0.39, 0.29) is 0 Å². The minimum atomic E-state index is 0.434. The van der Waals surface area contributed by atoms with Gasteiger partial charge in [0, 0.05) is 21.7 Å². The van der Waals surface area contributed by atoms with Gasteiger partial charge in [0.15, 0.2) is 0 Å². The number of nitrogens with zero attached hydrogens (tertiary/aromatic N) is 1. The first-order valence-corrected chi connectivity index (χ1v) is 7.89. The molecule has 1 aliphatic carbocycles. The van der Waals surface area contributed by atoms with Crippen molar-refractivity contribution in [2.75, 3.05) is 7.05 Å². The molecule has 2 nitrogen and oxygen atoms in total. The molecule has 1 unspecified atom stereocenters. The van der Waals surface area contributed by atoms with Crippen molar-refractivity contribution in [3.63, 3.8) is 0 Å². The van der Waals surface area contributed by atoms with Crippen molar-refractivity contribution in [1.82, 2.24) is 4.90 Å². The molecule has 0 bridgehead atoms. The van der Waals surface area contributed by atoms with E-state index >= 15 is 0 Å². The minimum Gasteiger partial charge on any atom is -0.328 e. The lowest BCUT2D eigenvalue weighted by Crippen LogP contribution is -2.39. The fourth-order valence-corrected chi connectivity index (χ4v) is 3.16. The fraction of sp³-hybridized carbons (Fsp3) is 0.600. The van der Waals surface area contributed by atoms with E-state index in [1.165, 1.54) is 34.8 Å². The second kappa shape index (κ2) is 6.35. The molecule has 0 saturated heterocycles. The topological polar surface area (TPSA) is 29.3 Å². The molecule has 1 aromatic carbocycles. The maximum absolute atomic E-state index is 5.98. The third-order valence-electron chi connectivity index (χ3n) is 4.28. The molecule has 1 saturated carbocycles. The standard InChI is InChI=1S/C15H23IN2/c1-11(12-3-5-13(16)6-4-12)18(2)15-9-7-14(17)8-10-15/h3-6,11,14-15H,7-10,17H2,1-2H3. The van der Waals surface area contributed by atoms with Crippen molar-refractivity contribution >= 4 is 22.6 Å². The summed E-state index contributed by atoms with van der Waals surface area (Å²) in [6.07, 6.45) is 4.83. The zero-order valence-electron chi connectivity index (χ0n) is 11.3. The Hall–Kier alpha value is -0.130. The van der Waals surface area contributed by atoms with Gasteiger partial charge < -0.3 is 5.73 Å². The highest BCUT2D eigenvalue weighted by Gasteiger charge is 2.25. The Balaban J connectivity index is 1.99. The van der Waals surface area contributed by atoms with Crippen LogP contribution in [0.3, 0.4) is 0 Å². The van der Waals surface area contributed by atoms with Crippen molar-refractivity contribution in [1.29, 1.82) is 0 Å². The van der Waals surface area contributed by atoms with Crippen molar-refractivity contribution in [3.05, 3.63) is 33.4 Å². The molecule has 1 aliphatic rings. The summed E-state index contributed by atoms with van der Waals surface area (Å²) >= 11 is 2.36. The third kappa shape index (κ3) is 3.45. The van der Waals surface area contributed by atoms with E-state index < -0.39 is 0 Å². The van der Waals surface area contributed by atoms with Crippen molar-refractivity contribution in [2.45, 2.75) is 50.7 Å². The van der Waals surface area contributed by atoms with E-state index in [1.54, 1.807) is 0 Å². The molecular weight excluding hydrogens is 335 g/mol. The normalized spacial score (nSPS) is 26.3. The van der Waals surface area contributed by atoms with Crippen LogP contribution >= 0.6 is 22.6 Å². The van der Waals surface area contributed by atoms with Crippen molar-refractivity contribution in [2.24, 2.45) is 5.73 Å². The molecule has 2 rings (SSSR count). The smallest absolute Gasteiger partial charge is 0.0319 e. The van der Waals surface area contributed by atoms with Gasteiger partial charge in [-0.05, 0) is 79.9 Å². The summed E-state index contributed by atoms with van der Waals surface area (Å²) in [5, 5.41) is 0. The van der Waals surface area contributed by atoms with E-state index in [1.807, 2.05) is 0 Å². The van der Waals surface area contributed by atoms with Gasteiger partial charge in [-0.1, -0.05) is 12.1 Å². The van der Waals surface area contributed by atoms with Gasteiger partial charge in [-0.2, -0.15) is 0 Å². The van der Waals surface area contributed by atoms with Crippen LogP contribution in [-0.4, -0.2) is 24.0 Å². The summed E-state index contributed by atoms with van der Waals surface area (Å²) in [5.41, 5.74) is 7.39. The van der Waals surface area contributed by atoms with Crippen LogP contribution < -0.4 is 5.73 Å². The lowest BCUT2D eigenvalue weighted by molar-refractivity contribution is 0.140. The SMILES string of the molecule is CC(c1ccc(I)cc1)N(C)C1CCC(N)CC1. The van der Waals surface area contributed by atoms with Crippen LogP contribution in [0.25, 0.3) is 0 Å². The summed E-state index contributed by atoms with van der Waals surface area (Å²) in [4.78, 5) is 2.52. The molecule has 0 heterocycles. The van der Waals surface area contributed by atoms with E-state index in [0.717, 1.165) is 0 Å². The largest absolute Gasteiger partial charge is 0.328 e. The maximum Gasteiger partial charge on any atom is 0.0319 e. The first-order chi connectivity index (χ1) is 8.58. The maximum atomic E-state index is 5.98. The molecule has 0 aromatic heterocycles. The average Bonchev–Trinajstić information content (AvgIpc) is 2.39. The van der Waals surface area contributed by atoms with Gasteiger partial charge in [0.05, 0.1) is 0 Å². The van der Waals surface area contributed by atoms with Crippen molar-refractivity contribution in [3.8, 4) is 0 Å². The Kier molecular flexibility index (Phi) is 5.04. The molecule has 0 aliphatic heterocycles. The van der Waals surface area contributed by atoms with Crippen LogP contribution in [0.4, 0.5) is 0 Å². The first-order valence-electron chi connectivity index (χ1n) is 6.81. The molecular formula is C15H23IN2. The lowest BCUT2D eigenvalue weighted by Gasteiger charge is -2.37. The number of nitrogens with two attached hydrogens (primary N) is 1. The van der Waals surface area contributed by atoms with Gasteiger partial charge in [-0.15, -0.1) is 0 Å². The third-order valence-corrected chi connectivity index (χ3v) is 5.00. The predicted octanol–water partition coefficient (Wildman–Crippen LogP) is 3.55. The van der Waals surface area contributed by atoms with Gasteiger partial charge >= 0.3 is 0 Å². The van der Waals surface area contributed by atoms with Crippen LogP contribution in [0.1, 0.15) is 44.2 Å². The molecule has 3 heteroatoms. The second-order valence-electron chi connectivity index (χ2n) is 5.46. The summed E-state index contributed by atoms with van der Waals surface area (Å²) in [5.74, 6) is 0. The predicted molar refractivity (Wildman–Crippen MR) is 85.6 cm³/mol. The van der Waals surface area contributed by atoms with Gasteiger partial charge in [-0.3, -0.25) is 4.90 Å². The number of hydrogen-bond acceptors (Lipinski definition) is 2. The Labute approximate surface area is 124 Å². The quantitative estimate of drug-likeness (QED) is 0.838. The molecule has 100 valence electrons. The summed E-state index contributed by atoms with van der Waals surface area (Å²) in [7, 11) is 2.25. The summed E-state index contributed by atoms with van der Waals surface area (Å²) < 4.78 is 1.30. The zero-order chi connectivity index (χ0) is 13.1. The highest BCUT2D eigenvalue weighted by atomic mass is 127. The molecule has 1 atom stereocenters. The Morgan fingerprint density at radius 2 is 1.72 bits per heavy atom. The molecule has 0 amide bonds. The Morgan fingerprint density at radius 3 is 2.28 bits per heavy atom. The molecule has 0 radical (unpaired) electrons. The number of rotatable bonds is 3. The van der Waals surface area contributed by atoms with Crippen LogP contribution in [0.2, 0.25) is 0 Å². The monoisotopic (exact) mass is 358 g/mol. The highest BCUT2D eigenvalue weighted by Crippen LogP contribution is 2.28. The fourth-order valence-electron chi connectivity index (χ4n) is 2.80. The van der Waals surface area contributed by atoms with E-state index in [4.69, 9.17) is 5.73 Å². The van der Waals surface area contributed by atoms with E-state index in [2.05, 4.69) is 65.7 Å². The Morgan fingerprint density at radius 1 is 1.17 bits per heavy atom. The molecule has 0 spiro atoms. The Bertz CT molecular complexity index is 369. The minimum absolute atomic E-state index is 0.434. The average molecular weight is 358 g/mol. The zero-order valence-corrected chi connectivity index (χ0v) is 13.4. The van der Waals surface area contributed by atoms with E-state index in [9.17, 15) is 0 Å². The van der Waals surface area contributed by atoms with Crippen LogP contribution in [0.15, 0.2) is 24.3 Å².